The van der Waals surface area contributed by atoms with Crippen LogP contribution in [0.3, 0.4) is 0 Å². The molecule has 0 saturated heterocycles. The third kappa shape index (κ3) is 5.76. The highest BCUT2D eigenvalue weighted by molar-refractivity contribution is 6.41. The number of aliphatic imine (C=N–C) groups is 1. The molecule has 1 unspecified atom stereocenters. The van der Waals surface area contributed by atoms with Crippen molar-refractivity contribution in [1.29, 1.82) is 0 Å². The molecule has 7 heteroatoms. The number of carbonyl (C=O) groups excluding carboxylic acids is 4. The third-order valence-corrected chi connectivity index (χ3v) is 11.8. The van der Waals surface area contributed by atoms with Crippen LogP contribution < -0.4 is 0 Å². The molecular formula is C46H47N3O4. The maximum Gasteiger partial charge on any atom is 0.261 e. The Hall–Kier alpha value is -5.17. The van der Waals surface area contributed by atoms with Crippen LogP contribution in [-0.4, -0.2) is 59.3 Å². The average molecular weight is 706 g/mol. The lowest BCUT2D eigenvalue weighted by Gasteiger charge is -2.35. The van der Waals surface area contributed by atoms with Gasteiger partial charge in [0.1, 0.15) is 0 Å². The first-order chi connectivity index (χ1) is 25.9. The van der Waals surface area contributed by atoms with Gasteiger partial charge in [-0.3, -0.25) is 34.0 Å². The molecule has 0 saturated carbocycles. The van der Waals surface area contributed by atoms with Gasteiger partial charge in [0.05, 0.1) is 0 Å². The standard InChI is InChI=1S/C46H47N3O4/c1-4-6-8-10-12-30(13-11-9-7-5-2)49-45(52)37-24-20-33-31-18-22-35-41-36(44(51)48(43(35)50)27-29-16-14-28(15-17-29)26-47-3)23-19-32(39(31)41)34-21-25-38(46(49)53)42(37)40(33)34/h14-16,18-26,29-30H,4-13,17,27H2,1-3H3/b47-26-. The van der Waals surface area contributed by atoms with Gasteiger partial charge >= 0.3 is 0 Å². The monoisotopic (exact) mass is 705 g/mol. The van der Waals surface area contributed by atoms with Crippen LogP contribution in [0, 0.1) is 5.92 Å². The van der Waals surface area contributed by atoms with Crippen molar-refractivity contribution in [2.75, 3.05) is 13.6 Å². The highest BCUT2D eigenvalue weighted by atomic mass is 16.2. The van der Waals surface area contributed by atoms with Crippen molar-refractivity contribution in [1.82, 2.24) is 9.80 Å². The summed E-state index contributed by atoms with van der Waals surface area (Å²) in [5.41, 5.74) is 3.21. The molecule has 7 nitrogen and oxygen atoms in total. The summed E-state index contributed by atoms with van der Waals surface area (Å²) in [5, 5.41) is 6.78. The summed E-state index contributed by atoms with van der Waals surface area (Å²) in [6.45, 7) is 4.69. The van der Waals surface area contributed by atoms with Crippen LogP contribution in [0.15, 0.2) is 77.3 Å². The van der Waals surface area contributed by atoms with Gasteiger partial charge < -0.3 is 0 Å². The van der Waals surface area contributed by atoms with Crippen LogP contribution >= 0.6 is 0 Å². The van der Waals surface area contributed by atoms with Crippen molar-refractivity contribution in [2.24, 2.45) is 10.9 Å². The Kier molecular flexibility index (Phi) is 9.44. The number of carbonyl (C=O) groups is 4. The summed E-state index contributed by atoms with van der Waals surface area (Å²) >= 11 is 0. The molecule has 1 atom stereocenters. The molecule has 8 rings (SSSR count). The van der Waals surface area contributed by atoms with Gasteiger partial charge in [-0.1, -0.05) is 108 Å². The molecule has 0 radical (unpaired) electrons. The van der Waals surface area contributed by atoms with Gasteiger partial charge in [-0.2, -0.15) is 0 Å². The van der Waals surface area contributed by atoms with E-state index in [0.29, 0.717) is 39.6 Å². The topological polar surface area (TPSA) is 87.1 Å². The second kappa shape index (κ2) is 14.3. The molecule has 3 aliphatic rings. The zero-order chi connectivity index (χ0) is 36.8. The lowest BCUT2D eigenvalue weighted by atomic mass is 9.81. The largest absolute Gasteiger partial charge is 0.296 e. The number of hydrogen-bond acceptors (Lipinski definition) is 5. The molecule has 1 aliphatic carbocycles. The SMILES string of the molecule is CCCCCCC(CCCCCC)N1C(=O)c2ccc3c4ccc5c6c(ccc(c7ccc(c2c37)C1=O)c64)C(=O)N(CC1C=CC(/C=N\C)=CC1)C5=O. The molecule has 270 valence electrons. The number of nitrogens with zero attached hydrogens (tertiary/aromatic N) is 3. The van der Waals surface area contributed by atoms with Crippen molar-refractivity contribution in [2.45, 2.75) is 90.5 Å². The van der Waals surface area contributed by atoms with Crippen LogP contribution in [0.25, 0.3) is 43.1 Å². The molecule has 2 aliphatic heterocycles. The number of imide groups is 2. The van der Waals surface area contributed by atoms with Gasteiger partial charge in [0.2, 0.25) is 0 Å². The van der Waals surface area contributed by atoms with Crippen molar-refractivity contribution in [3.63, 3.8) is 0 Å². The van der Waals surface area contributed by atoms with E-state index in [1.54, 1.807) is 18.2 Å². The Morgan fingerprint density at radius 3 is 1.53 bits per heavy atom. The van der Waals surface area contributed by atoms with Crippen molar-refractivity contribution >= 4 is 72.9 Å². The van der Waals surface area contributed by atoms with Crippen molar-refractivity contribution in [3.05, 3.63) is 94.6 Å². The van der Waals surface area contributed by atoms with Gasteiger partial charge in [0, 0.05) is 58.9 Å². The number of allylic oxidation sites excluding steroid dienone is 3. The van der Waals surface area contributed by atoms with Crippen LogP contribution in [0.4, 0.5) is 0 Å². The molecule has 0 fully saturated rings. The summed E-state index contributed by atoms with van der Waals surface area (Å²) in [7, 11) is 1.74. The predicted octanol–water partition coefficient (Wildman–Crippen LogP) is 10.4. The smallest absolute Gasteiger partial charge is 0.261 e. The number of rotatable bonds is 14. The summed E-state index contributed by atoms with van der Waals surface area (Å²) < 4.78 is 0. The van der Waals surface area contributed by atoms with Gasteiger partial charge in [0.25, 0.3) is 23.6 Å². The van der Waals surface area contributed by atoms with E-state index in [-0.39, 0.29) is 35.6 Å². The number of unbranched alkanes of at least 4 members (excludes halogenated alkanes) is 6. The Morgan fingerprint density at radius 2 is 1.11 bits per heavy atom. The predicted molar refractivity (Wildman–Crippen MR) is 215 cm³/mol. The minimum Gasteiger partial charge on any atom is -0.296 e. The molecule has 4 amide bonds. The van der Waals surface area contributed by atoms with Crippen LogP contribution in [0.5, 0.6) is 0 Å². The van der Waals surface area contributed by atoms with Crippen molar-refractivity contribution in [3.8, 4) is 0 Å². The van der Waals surface area contributed by atoms with E-state index >= 15 is 0 Å². The van der Waals surface area contributed by atoms with E-state index in [0.717, 1.165) is 109 Å². The van der Waals surface area contributed by atoms with Crippen LogP contribution in [0.2, 0.25) is 0 Å². The fourth-order valence-corrected chi connectivity index (χ4v) is 9.15. The quantitative estimate of drug-likeness (QED) is 0.0378. The van der Waals surface area contributed by atoms with E-state index in [1.165, 1.54) is 4.90 Å². The number of amides is 4. The van der Waals surface area contributed by atoms with Crippen LogP contribution in [-0.2, 0) is 0 Å². The highest BCUT2D eigenvalue weighted by Gasteiger charge is 2.39. The van der Waals surface area contributed by atoms with Crippen LogP contribution in [0.1, 0.15) is 126 Å². The molecule has 53 heavy (non-hydrogen) atoms. The molecule has 0 spiro atoms. The first-order valence-electron chi connectivity index (χ1n) is 19.6. The lowest BCUT2D eigenvalue weighted by Crippen LogP contribution is -2.47. The van der Waals surface area contributed by atoms with E-state index in [1.807, 2.05) is 54.6 Å². The van der Waals surface area contributed by atoms with E-state index in [9.17, 15) is 19.2 Å². The molecule has 0 N–H and O–H groups in total. The maximum atomic E-state index is 14.4. The number of hydrogen-bond donors (Lipinski definition) is 0. The zero-order valence-electron chi connectivity index (χ0n) is 31.0. The molecular weight excluding hydrogens is 659 g/mol. The fraction of sp³-hybridized carbons (Fsp3) is 0.370. The number of benzene rings is 5. The summed E-state index contributed by atoms with van der Waals surface area (Å²) in [6.07, 6.45) is 19.1. The summed E-state index contributed by atoms with van der Waals surface area (Å²) in [5.74, 6) is -0.942. The minimum atomic E-state index is -0.282. The Morgan fingerprint density at radius 1 is 0.642 bits per heavy atom. The van der Waals surface area contributed by atoms with Gasteiger partial charge in [-0.25, -0.2) is 0 Å². The van der Waals surface area contributed by atoms with Gasteiger partial charge in [-0.15, -0.1) is 0 Å². The lowest BCUT2D eigenvalue weighted by molar-refractivity contribution is 0.0514. The van der Waals surface area contributed by atoms with Gasteiger partial charge in [-0.05, 0) is 87.3 Å². The van der Waals surface area contributed by atoms with Crippen molar-refractivity contribution < 1.29 is 19.2 Å². The highest BCUT2D eigenvalue weighted by Crippen LogP contribution is 2.46. The maximum absolute atomic E-state index is 14.4. The Labute approximate surface area is 310 Å². The summed E-state index contributed by atoms with van der Waals surface area (Å²) in [4.78, 5) is 64.1. The molecule has 2 heterocycles. The first kappa shape index (κ1) is 34.9. The number of fused-ring (bicyclic) bond motifs is 2. The minimum absolute atomic E-state index is 0.0246. The third-order valence-electron chi connectivity index (χ3n) is 11.8. The fourth-order valence-electron chi connectivity index (χ4n) is 9.15. The van der Waals surface area contributed by atoms with E-state index in [2.05, 4.69) is 31.0 Å². The Bertz CT molecular complexity index is 2270. The second-order valence-electron chi connectivity index (χ2n) is 15.1. The second-order valence-corrected chi connectivity index (χ2v) is 15.1. The Balaban J connectivity index is 1.19. The molecule has 5 aromatic rings. The first-order valence-corrected chi connectivity index (χ1v) is 19.6. The molecule has 0 aromatic heterocycles. The molecule has 0 bridgehead atoms. The normalized spacial score (nSPS) is 17.4. The van der Waals surface area contributed by atoms with Gasteiger partial charge in [0.15, 0.2) is 0 Å². The van der Waals surface area contributed by atoms with E-state index in [4.69, 9.17) is 0 Å². The zero-order valence-corrected chi connectivity index (χ0v) is 31.0. The summed E-state index contributed by atoms with van der Waals surface area (Å²) in [6, 6.07) is 15.3. The average Bonchev–Trinajstić information content (AvgIpc) is 3.17. The van der Waals surface area contributed by atoms with E-state index < -0.39 is 0 Å². The molecule has 5 aromatic carbocycles.